The number of methoxy groups -OCH3 is 1. The van der Waals surface area contributed by atoms with Crippen LogP contribution in [0.5, 0.6) is 11.5 Å². The Labute approximate surface area is 254 Å². The number of hydrogen-bond donors (Lipinski definition) is 1. The lowest BCUT2D eigenvalue weighted by Gasteiger charge is -2.33. The van der Waals surface area contributed by atoms with E-state index in [-0.39, 0.29) is 12.2 Å². The Balaban J connectivity index is 1.50. The Bertz CT molecular complexity index is 1620. The van der Waals surface area contributed by atoms with Crippen LogP contribution in [0.4, 0.5) is 23.7 Å². The van der Waals surface area contributed by atoms with Gasteiger partial charge in [0, 0.05) is 12.2 Å². The zero-order chi connectivity index (χ0) is 30.9. The first-order chi connectivity index (χ1) is 21.3. The number of carbonyl (C=O) groups excluding carboxylic acids is 1. The molecule has 44 heavy (non-hydrogen) atoms. The average Bonchev–Trinajstić information content (AvgIpc) is 3.05. The number of rotatable bonds is 10. The molecule has 0 aromatic heterocycles. The molecule has 5 rings (SSSR count). The van der Waals surface area contributed by atoms with Crippen LogP contribution in [0.3, 0.4) is 0 Å². The molecule has 0 atom stereocenters. The fourth-order valence-corrected chi connectivity index (χ4v) is 4.93. The van der Waals surface area contributed by atoms with Gasteiger partial charge in [0.2, 0.25) is 0 Å². The second kappa shape index (κ2) is 13.8. The number of amides is 2. The number of nitrogens with one attached hydrogen (secondary N) is 1. The summed E-state index contributed by atoms with van der Waals surface area (Å²) in [6.07, 6.45) is -4.54. The van der Waals surface area contributed by atoms with Crippen LogP contribution < -0.4 is 14.8 Å². The molecule has 0 bridgehead atoms. The van der Waals surface area contributed by atoms with E-state index in [1.807, 2.05) is 97.1 Å². The number of hydrogen-bond acceptors (Lipinski definition) is 3. The van der Waals surface area contributed by atoms with Crippen LogP contribution >= 0.6 is 0 Å². The summed E-state index contributed by atoms with van der Waals surface area (Å²) < 4.78 is 51.9. The van der Waals surface area contributed by atoms with Gasteiger partial charge < -0.3 is 19.7 Å². The summed E-state index contributed by atoms with van der Waals surface area (Å²) in [6, 6.07) is 37.7. The van der Waals surface area contributed by atoms with Crippen LogP contribution in [0.1, 0.15) is 33.9 Å². The Kier molecular flexibility index (Phi) is 9.49. The molecule has 0 saturated heterocycles. The van der Waals surface area contributed by atoms with Crippen molar-refractivity contribution in [3.05, 3.63) is 161 Å². The van der Waals surface area contributed by atoms with Crippen molar-refractivity contribution in [3.63, 3.8) is 0 Å². The standard InChI is InChI=1S/C36H31F3N2O3/c1-43-33-22-27(20-21-32(33)44-25-26-12-5-2-6-13-26)24-41(35(42)40-31-19-11-18-30(23-31)36(37,38)39)34(28-14-7-3-8-15-28)29-16-9-4-10-17-29/h2-23,34H,24-25H2,1H3,(H,40,42). The minimum Gasteiger partial charge on any atom is -0.493 e. The van der Waals surface area contributed by atoms with Gasteiger partial charge in [-0.25, -0.2) is 4.79 Å². The molecule has 0 spiro atoms. The summed E-state index contributed by atoms with van der Waals surface area (Å²) in [5.74, 6) is 1.04. The topological polar surface area (TPSA) is 50.8 Å². The highest BCUT2D eigenvalue weighted by molar-refractivity contribution is 5.90. The Hall–Kier alpha value is -5.24. The number of ether oxygens (including phenoxy) is 2. The van der Waals surface area contributed by atoms with Gasteiger partial charge in [-0.15, -0.1) is 0 Å². The molecule has 0 aliphatic carbocycles. The molecule has 0 heterocycles. The summed E-state index contributed by atoms with van der Waals surface area (Å²) in [4.78, 5) is 15.6. The molecule has 0 unspecified atom stereocenters. The predicted octanol–water partition coefficient (Wildman–Crippen LogP) is 9.12. The number of halogens is 3. The van der Waals surface area contributed by atoms with E-state index in [9.17, 15) is 18.0 Å². The molecule has 5 aromatic rings. The van der Waals surface area contributed by atoms with Crippen molar-refractivity contribution in [1.82, 2.24) is 4.90 Å². The van der Waals surface area contributed by atoms with E-state index in [1.54, 1.807) is 24.1 Å². The number of nitrogens with zero attached hydrogens (tertiary/aromatic N) is 1. The SMILES string of the molecule is COc1cc(CN(C(=O)Nc2cccc(C(F)(F)F)c2)C(c2ccccc2)c2ccccc2)ccc1OCc1ccccc1. The third-order valence-electron chi connectivity index (χ3n) is 7.06. The van der Waals surface area contributed by atoms with Crippen molar-refractivity contribution in [2.45, 2.75) is 25.4 Å². The van der Waals surface area contributed by atoms with Crippen molar-refractivity contribution in [3.8, 4) is 11.5 Å². The minimum absolute atomic E-state index is 0.0388. The maximum atomic E-state index is 14.0. The predicted molar refractivity (Wildman–Crippen MR) is 165 cm³/mol. The monoisotopic (exact) mass is 596 g/mol. The smallest absolute Gasteiger partial charge is 0.416 e. The van der Waals surface area contributed by atoms with Crippen molar-refractivity contribution >= 4 is 11.7 Å². The van der Waals surface area contributed by atoms with Crippen LogP contribution in [0, 0.1) is 0 Å². The normalized spacial score (nSPS) is 11.2. The van der Waals surface area contributed by atoms with Gasteiger partial charge in [-0.1, -0.05) is 103 Å². The van der Waals surface area contributed by atoms with E-state index in [4.69, 9.17) is 9.47 Å². The first-order valence-corrected chi connectivity index (χ1v) is 14.0. The molecule has 8 heteroatoms. The van der Waals surface area contributed by atoms with Gasteiger partial charge >= 0.3 is 12.2 Å². The molecule has 0 saturated carbocycles. The fourth-order valence-electron chi connectivity index (χ4n) is 4.93. The van der Waals surface area contributed by atoms with Crippen molar-refractivity contribution in [2.75, 3.05) is 12.4 Å². The van der Waals surface area contributed by atoms with Crippen molar-refractivity contribution in [1.29, 1.82) is 0 Å². The molecule has 5 aromatic carbocycles. The van der Waals surface area contributed by atoms with Gasteiger partial charge in [0.05, 0.1) is 18.7 Å². The summed E-state index contributed by atoms with van der Waals surface area (Å²) in [5.41, 5.74) is 2.62. The Morgan fingerprint density at radius 3 is 1.93 bits per heavy atom. The first kappa shape index (κ1) is 30.2. The molecule has 1 N–H and O–H groups in total. The zero-order valence-corrected chi connectivity index (χ0v) is 24.0. The average molecular weight is 597 g/mol. The second-order valence-electron chi connectivity index (χ2n) is 10.1. The van der Waals surface area contributed by atoms with Gasteiger partial charge in [-0.05, 0) is 52.6 Å². The van der Waals surface area contributed by atoms with E-state index in [0.29, 0.717) is 18.1 Å². The summed E-state index contributed by atoms with van der Waals surface area (Å²) in [6.45, 7) is 0.473. The highest BCUT2D eigenvalue weighted by Crippen LogP contribution is 2.35. The molecule has 224 valence electrons. The number of urea groups is 1. The molecule has 0 radical (unpaired) electrons. The molecular weight excluding hydrogens is 565 g/mol. The third-order valence-corrected chi connectivity index (χ3v) is 7.06. The van der Waals surface area contributed by atoms with Crippen LogP contribution in [0.15, 0.2) is 133 Å². The van der Waals surface area contributed by atoms with E-state index in [0.717, 1.165) is 34.4 Å². The molecular formula is C36H31F3N2O3. The number of carbonyl (C=O) groups is 1. The molecule has 0 aliphatic heterocycles. The van der Waals surface area contributed by atoms with Gasteiger partial charge in [0.25, 0.3) is 0 Å². The van der Waals surface area contributed by atoms with E-state index < -0.39 is 23.8 Å². The molecule has 0 fully saturated rings. The largest absolute Gasteiger partial charge is 0.493 e. The van der Waals surface area contributed by atoms with Crippen LogP contribution in [-0.2, 0) is 19.3 Å². The lowest BCUT2D eigenvalue weighted by molar-refractivity contribution is -0.137. The highest BCUT2D eigenvalue weighted by atomic mass is 19.4. The lowest BCUT2D eigenvalue weighted by Crippen LogP contribution is -2.38. The summed E-state index contributed by atoms with van der Waals surface area (Å²) in [7, 11) is 1.54. The highest BCUT2D eigenvalue weighted by Gasteiger charge is 2.31. The van der Waals surface area contributed by atoms with Crippen LogP contribution in [0.2, 0.25) is 0 Å². The number of benzene rings is 5. The fraction of sp³-hybridized carbons (Fsp3) is 0.139. The minimum atomic E-state index is -4.54. The van der Waals surface area contributed by atoms with Gasteiger partial charge in [-0.3, -0.25) is 0 Å². The molecule has 0 aliphatic rings. The van der Waals surface area contributed by atoms with Gasteiger partial charge in [0.15, 0.2) is 11.5 Å². The quantitative estimate of drug-likeness (QED) is 0.175. The lowest BCUT2D eigenvalue weighted by atomic mass is 9.96. The second-order valence-corrected chi connectivity index (χ2v) is 10.1. The van der Waals surface area contributed by atoms with Crippen LogP contribution in [-0.4, -0.2) is 18.0 Å². The molecule has 5 nitrogen and oxygen atoms in total. The first-order valence-electron chi connectivity index (χ1n) is 14.0. The van der Waals surface area contributed by atoms with Crippen molar-refractivity contribution in [2.24, 2.45) is 0 Å². The third kappa shape index (κ3) is 7.58. The van der Waals surface area contributed by atoms with E-state index in [2.05, 4.69) is 5.32 Å². The Morgan fingerprint density at radius 1 is 0.727 bits per heavy atom. The van der Waals surface area contributed by atoms with Gasteiger partial charge in [0.1, 0.15) is 6.61 Å². The number of alkyl halides is 3. The summed E-state index contributed by atoms with van der Waals surface area (Å²) in [5, 5.41) is 2.70. The summed E-state index contributed by atoms with van der Waals surface area (Å²) >= 11 is 0. The van der Waals surface area contributed by atoms with Gasteiger partial charge in [-0.2, -0.15) is 13.2 Å². The maximum Gasteiger partial charge on any atom is 0.416 e. The van der Waals surface area contributed by atoms with Crippen molar-refractivity contribution < 1.29 is 27.4 Å². The Morgan fingerprint density at radius 2 is 1.34 bits per heavy atom. The van der Waals surface area contributed by atoms with E-state index >= 15 is 0 Å². The molecule has 2 amide bonds. The number of anilines is 1. The maximum absolute atomic E-state index is 14.0. The van der Waals surface area contributed by atoms with E-state index in [1.165, 1.54) is 12.1 Å². The van der Waals surface area contributed by atoms with Crippen LogP contribution in [0.25, 0.3) is 0 Å². The zero-order valence-electron chi connectivity index (χ0n) is 24.0.